The van der Waals surface area contributed by atoms with E-state index < -0.39 is 29.6 Å². The van der Waals surface area contributed by atoms with E-state index in [1.807, 2.05) is 0 Å². The van der Waals surface area contributed by atoms with Gasteiger partial charge in [0.05, 0.1) is 7.11 Å². The Morgan fingerprint density at radius 2 is 2.05 bits per heavy atom. The van der Waals surface area contributed by atoms with Crippen molar-refractivity contribution in [1.82, 2.24) is 5.32 Å². The predicted molar refractivity (Wildman–Crippen MR) is 67.0 cm³/mol. The topological polar surface area (TPSA) is 55.4 Å². The van der Waals surface area contributed by atoms with Crippen LogP contribution in [-0.2, 0) is 9.53 Å². The number of hydrogen-bond acceptors (Lipinski definition) is 3. The molecular weight excluding hydrogens is 268 g/mol. The van der Waals surface area contributed by atoms with Crippen LogP contribution in [-0.4, -0.2) is 25.0 Å². The number of amides is 1. The molecule has 20 heavy (non-hydrogen) atoms. The quantitative estimate of drug-likeness (QED) is 0.841. The van der Waals surface area contributed by atoms with Crippen LogP contribution >= 0.6 is 0 Å². The van der Waals surface area contributed by atoms with Crippen LogP contribution in [0.2, 0.25) is 0 Å². The lowest BCUT2D eigenvalue weighted by molar-refractivity contribution is -0.143. The van der Waals surface area contributed by atoms with Gasteiger partial charge in [0.25, 0.3) is 5.91 Å². The lowest BCUT2D eigenvalue weighted by Gasteiger charge is -2.16. The highest BCUT2D eigenvalue weighted by atomic mass is 19.2. The van der Waals surface area contributed by atoms with Crippen LogP contribution in [0.3, 0.4) is 0 Å². The second kappa shape index (κ2) is 5.98. The first kappa shape index (κ1) is 14.4. The van der Waals surface area contributed by atoms with Gasteiger partial charge in [-0.05, 0) is 30.5 Å². The van der Waals surface area contributed by atoms with Crippen molar-refractivity contribution in [1.29, 1.82) is 0 Å². The molecule has 1 saturated carbocycles. The second-order valence-electron chi connectivity index (χ2n) is 4.86. The highest BCUT2D eigenvalue weighted by Crippen LogP contribution is 2.33. The van der Waals surface area contributed by atoms with Gasteiger partial charge in [-0.1, -0.05) is 12.8 Å². The Balaban J connectivity index is 2.06. The van der Waals surface area contributed by atoms with Gasteiger partial charge in [0.1, 0.15) is 6.04 Å². The molecule has 4 nitrogen and oxygen atoms in total. The number of benzene rings is 1. The molecule has 0 spiro atoms. The molecule has 0 heterocycles. The Bertz CT molecular complexity index is 529. The predicted octanol–water partition coefficient (Wildman–Crippen LogP) is 2.04. The van der Waals surface area contributed by atoms with E-state index in [4.69, 9.17) is 0 Å². The summed E-state index contributed by atoms with van der Waals surface area (Å²) in [5.41, 5.74) is -0.0337. The van der Waals surface area contributed by atoms with Crippen molar-refractivity contribution in [3.8, 4) is 0 Å². The monoisotopic (exact) mass is 283 g/mol. The zero-order valence-corrected chi connectivity index (χ0v) is 11.0. The molecule has 6 heteroatoms. The van der Waals surface area contributed by atoms with Gasteiger partial charge in [0, 0.05) is 5.56 Å². The summed E-state index contributed by atoms with van der Waals surface area (Å²) in [6.45, 7) is 0. The number of ether oxygens (including phenoxy) is 1. The van der Waals surface area contributed by atoms with Gasteiger partial charge < -0.3 is 10.1 Å². The van der Waals surface area contributed by atoms with Gasteiger partial charge in [-0.15, -0.1) is 0 Å². The zero-order chi connectivity index (χ0) is 14.7. The lowest BCUT2D eigenvalue weighted by atomic mass is 10.1. The van der Waals surface area contributed by atoms with Crippen molar-refractivity contribution in [2.75, 3.05) is 7.11 Å². The molecule has 1 aromatic carbocycles. The molecular formula is C14H15F2NO3. The Morgan fingerprint density at radius 1 is 1.35 bits per heavy atom. The molecule has 1 fully saturated rings. The minimum atomic E-state index is -1.10. The molecule has 0 aliphatic heterocycles. The van der Waals surface area contributed by atoms with Crippen LogP contribution in [0.25, 0.3) is 0 Å². The summed E-state index contributed by atoms with van der Waals surface area (Å²) < 4.78 is 30.5. The molecule has 2 rings (SSSR count). The number of halogens is 2. The average molecular weight is 283 g/mol. The number of nitrogens with one attached hydrogen (secondary N) is 1. The summed E-state index contributed by atoms with van der Waals surface area (Å²) in [6.07, 6.45) is 2.55. The number of rotatable bonds is 5. The Kier molecular flexibility index (Phi) is 4.32. The Morgan fingerprint density at radius 3 is 2.60 bits per heavy atom. The van der Waals surface area contributed by atoms with E-state index in [2.05, 4.69) is 10.1 Å². The summed E-state index contributed by atoms with van der Waals surface area (Å²) in [6, 6.07) is 2.08. The van der Waals surface area contributed by atoms with E-state index in [0.717, 1.165) is 25.0 Å². The molecule has 1 aliphatic rings. The van der Waals surface area contributed by atoms with E-state index in [-0.39, 0.29) is 5.56 Å². The highest BCUT2D eigenvalue weighted by Gasteiger charge is 2.31. The average Bonchev–Trinajstić information content (AvgIpc) is 3.24. The highest BCUT2D eigenvalue weighted by molar-refractivity contribution is 5.96. The SMILES string of the molecule is COC(=O)[C@@H](CC1CC1)NC(=O)c1ccc(F)c(F)c1. The van der Waals surface area contributed by atoms with Gasteiger partial charge in [0.2, 0.25) is 0 Å². The van der Waals surface area contributed by atoms with Gasteiger partial charge >= 0.3 is 5.97 Å². The Labute approximate surface area is 115 Å². The first-order chi connectivity index (χ1) is 9.51. The van der Waals surface area contributed by atoms with Gasteiger partial charge in [-0.3, -0.25) is 4.79 Å². The molecule has 1 aliphatic carbocycles. The summed E-state index contributed by atoms with van der Waals surface area (Å²) in [4.78, 5) is 23.5. The van der Waals surface area contributed by atoms with Crippen molar-refractivity contribution in [2.24, 2.45) is 5.92 Å². The van der Waals surface area contributed by atoms with Crippen molar-refractivity contribution < 1.29 is 23.1 Å². The fourth-order valence-corrected chi connectivity index (χ4v) is 1.92. The lowest BCUT2D eigenvalue weighted by Crippen LogP contribution is -2.41. The smallest absolute Gasteiger partial charge is 0.328 e. The minimum absolute atomic E-state index is 0.0337. The van der Waals surface area contributed by atoms with Crippen LogP contribution in [0.1, 0.15) is 29.6 Å². The van der Waals surface area contributed by atoms with Crippen molar-refractivity contribution in [3.05, 3.63) is 35.4 Å². The molecule has 0 radical (unpaired) electrons. The molecule has 1 aromatic rings. The van der Waals surface area contributed by atoms with Crippen LogP contribution in [0, 0.1) is 17.6 Å². The van der Waals surface area contributed by atoms with Crippen molar-refractivity contribution in [2.45, 2.75) is 25.3 Å². The standard InChI is InChI=1S/C14H15F2NO3/c1-20-14(19)12(6-8-2-3-8)17-13(18)9-4-5-10(15)11(16)7-9/h4-5,7-8,12H,2-3,6H2,1H3,(H,17,18)/t12-/m1/s1. The van der Waals surface area contributed by atoms with E-state index in [0.29, 0.717) is 12.3 Å². The number of carbonyl (C=O) groups excluding carboxylic acids is 2. The maximum Gasteiger partial charge on any atom is 0.328 e. The number of carbonyl (C=O) groups is 2. The molecule has 0 bridgehead atoms. The third-order valence-corrected chi connectivity index (χ3v) is 3.24. The minimum Gasteiger partial charge on any atom is -0.467 e. The molecule has 0 saturated heterocycles. The van der Waals surface area contributed by atoms with E-state index in [1.54, 1.807) is 0 Å². The van der Waals surface area contributed by atoms with Gasteiger partial charge in [0.15, 0.2) is 11.6 Å². The maximum atomic E-state index is 13.1. The van der Waals surface area contributed by atoms with Crippen molar-refractivity contribution >= 4 is 11.9 Å². The normalized spacial score (nSPS) is 15.6. The van der Waals surface area contributed by atoms with E-state index >= 15 is 0 Å². The third kappa shape index (κ3) is 3.53. The second-order valence-corrected chi connectivity index (χ2v) is 4.86. The zero-order valence-electron chi connectivity index (χ0n) is 11.0. The fourth-order valence-electron chi connectivity index (χ4n) is 1.92. The molecule has 1 N–H and O–H groups in total. The van der Waals surface area contributed by atoms with Gasteiger partial charge in [-0.2, -0.15) is 0 Å². The molecule has 1 amide bonds. The molecule has 108 valence electrons. The first-order valence-electron chi connectivity index (χ1n) is 6.35. The summed E-state index contributed by atoms with van der Waals surface area (Å²) >= 11 is 0. The number of esters is 1. The van der Waals surface area contributed by atoms with E-state index in [9.17, 15) is 18.4 Å². The van der Waals surface area contributed by atoms with Gasteiger partial charge in [-0.25, -0.2) is 13.6 Å². The molecule has 0 aromatic heterocycles. The van der Waals surface area contributed by atoms with Crippen LogP contribution in [0.15, 0.2) is 18.2 Å². The largest absolute Gasteiger partial charge is 0.467 e. The summed E-state index contributed by atoms with van der Waals surface area (Å²) in [5.74, 6) is -2.88. The molecule has 0 unspecified atom stereocenters. The van der Waals surface area contributed by atoms with Crippen LogP contribution in [0.5, 0.6) is 0 Å². The summed E-state index contributed by atoms with van der Waals surface area (Å²) in [5, 5.41) is 2.50. The first-order valence-corrected chi connectivity index (χ1v) is 6.35. The number of hydrogen-bond donors (Lipinski definition) is 1. The third-order valence-electron chi connectivity index (χ3n) is 3.24. The summed E-state index contributed by atoms with van der Waals surface area (Å²) in [7, 11) is 1.24. The Hall–Kier alpha value is -1.98. The van der Waals surface area contributed by atoms with Crippen LogP contribution in [0.4, 0.5) is 8.78 Å². The maximum absolute atomic E-state index is 13.1. The molecule has 1 atom stereocenters. The number of methoxy groups -OCH3 is 1. The van der Waals surface area contributed by atoms with Crippen LogP contribution < -0.4 is 5.32 Å². The van der Waals surface area contributed by atoms with E-state index in [1.165, 1.54) is 13.2 Å². The fraction of sp³-hybridized carbons (Fsp3) is 0.429. The van der Waals surface area contributed by atoms with Crippen molar-refractivity contribution in [3.63, 3.8) is 0 Å².